The van der Waals surface area contributed by atoms with Crippen LogP contribution >= 0.6 is 0 Å². The minimum atomic E-state index is -1.84. The highest BCUT2D eigenvalue weighted by atomic mass is 28.4. The maximum atomic E-state index is 12.2. The molecule has 0 spiro atoms. The van der Waals surface area contributed by atoms with Gasteiger partial charge in [-0.3, -0.25) is 0 Å². The molecule has 0 bridgehead atoms. The average molecular weight is 355 g/mol. The van der Waals surface area contributed by atoms with Crippen LogP contribution in [0.5, 0.6) is 0 Å². The molecule has 1 unspecified atom stereocenters. The standard InChI is InChI=1S/C18H30O5Si/c1-18(2,3)24(6,7)23-12-11-13-9-8-10-14(16(19)21-4)15(13)17(20)22-5/h8-9,13H,10-12H2,1-7H3. The van der Waals surface area contributed by atoms with Gasteiger partial charge in [-0.05, 0) is 31.0 Å². The Bertz CT molecular complexity index is 540. The van der Waals surface area contributed by atoms with Crippen LogP contribution < -0.4 is 0 Å². The quantitative estimate of drug-likeness (QED) is 0.414. The molecular weight excluding hydrogens is 324 g/mol. The summed E-state index contributed by atoms with van der Waals surface area (Å²) in [5.74, 6) is -1.14. The SMILES string of the molecule is COC(=O)C1=C(C(=O)OC)C(CCO[Si](C)(C)C(C)(C)C)C=CC1. The number of esters is 2. The summed E-state index contributed by atoms with van der Waals surface area (Å²) in [6.07, 6.45) is 4.87. The third-order valence-electron chi connectivity index (χ3n) is 4.92. The fraction of sp³-hybridized carbons (Fsp3) is 0.667. The summed E-state index contributed by atoms with van der Waals surface area (Å²) in [7, 11) is 0.802. The number of hydrogen-bond acceptors (Lipinski definition) is 5. The Morgan fingerprint density at radius 1 is 1.17 bits per heavy atom. The van der Waals surface area contributed by atoms with Crippen molar-refractivity contribution in [2.45, 2.75) is 51.7 Å². The number of carbonyl (C=O) groups excluding carboxylic acids is 2. The molecule has 0 N–H and O–H groups in total. The molecular formula is C18H30O5Si. The molecule has 0 heterocycles. The summed E-state index contributed by atoms with van der Waals surface area (Å²) in [6, 6.07) is 0. The maximum absolute atomic E-state index is 12.2. The molecule has 6 heteroatoms. The predicted molar refractivity (Wildman–Crippen MR) is 96.1 cm³/mol. The molecule has 0 aromatic rings. The van der Waals surface area contributed by atoms with Crippen molar-refractivity contribution in [1.29, 1.82) is 0 Å². The summed E-state index contributed by atoms with van der Waals surface area (Å²) in [5.41, 5.74) is 0.773. The highest BCUT2D eigenvalue weighted by Crippen LogP contribution is 2.37. The normalized spacial score (nSPS) is 18.5. The molecule has 24 heavy (non-hydrogen) atoms. The Labute approximate surface area is 146 Å². The number of ether oxygens (including phenoxy) is 2. The Morgan fingerprint density at radius 2 is 1.75 bits per heavy atom. The van der Waals surface area contributed by atoms with E-state index in [-0.39, 0.29) is 11.0 Å². The summed E-state index contributed by atoms with van der Waals surface area (Å²) >= 11 is 0. The van der Waals surface area contributed by atoms with Gasteiger partial charge in [0.15, 0.2) is 8.32 Å². The number of allylic oxidation sites excluding steroid dienone is 2. The van der Waals surface area contributed by atoms with Gasteiger partial charge in [0.2, 0.25) is 0 Å². The molecule has 0 aliphatic heterocycles. The molecule has 0 aromatic heterocycles. The first-order valence-electron chi connectivity index (χ1n) is 8.25. The molecule has 1 rings (SSSR count). The van der Waals surface area contributed by atoms with Gasteiger partial charge < -0.3 is 13.9 Å². The van der Waals surface area contributed by atoms with Gasteiger partial charge in [0.1, 0.15) is 0 Å². The average Bonchev–Trinajstić information content (AvgIpc) is 2.51. The highest BCUT2D eigenvalue weighted by molar-refractivity contribution is 6.74. The van der Waals surface area contributed by atoms with Crippen LogP contribution in [0, 0.1) is 5.92 Å². The zero-order valence-corrected chi connectivity index (χ0v) is 16.9. The van der Waals surface area contributed by atoms with Gasteiger partial charge in [-0.2, -0.15) is 0 Å². The molecule has 1 atom stereocenters. The van der Waals surface area contributed by atoms with E-state index in [9.17, 15) is 9.59 Å². The van der Waals surface area contributed by atoms with Gasteiger partial charge >= 0.3 is 11.9 Å². The van der Waals surface area contributed by atoms with E-state index in [2.05, 4.69) is 33.9 Å². The van der Waals surface area contributed by atoms with Crippen LogP contribution in [0.15, 0.2) is 23.3 Å². The first kappa shape index (κ1) is 20.6. The second-order valence-electron chi connectivity index (χ2n) is 7.51. The van der Waals surface area contributed by atoms with Gasteiger partial charge in [0.05, 0.1) is 25.4 Å². The Kier molecular flexibility index (Phi) is 6.98. The maximum Gasteiger partial charge on any atom is 0.334 e. The fourth-order valence-corrected chi connectivity index (χ4v) is 3.44. The molecule has 0 fully saturated rings. The Balaban J connectivity index is 2.91. The van der Waals surface area contributed by atoms with E-state index in [1.54, 1.807) is 0 Å². The molecule has 5 nitrogen and oxygen atoms in total. The van der Waals surface area contributed by atoms with Crippen molar-refractivity contribution < 1.29 is 23.5 Å². The van der Waals surface area contributed by atoms with E-state index >= 15 is 0 Å². The lowest BCUT2D eigenvalue weighted by Crippen LogP contribution is -2.41. The van der Waals surface area contributed by atoms with Crippen molar-refractivity contribution in [3.8, 4) is 0 Å². The number of carbonyl (C=O) groups is 2. The molecule has 1 aliphatic carbocycles. The fourth-order valence-electron chi connectivity index (χ4n) is 2.38. The van der Waals surface area contributed by atoms with E-state index < -0.39 is 20.3 Å². The smallest absolute Gasteiger partial charge is 0.334 e. The minimum absolute atomic E-state index is 0.133. The second kappa shape index (κ2) is 8.12. The summed E-state index contributed by atoms with van der Waals surface area (Å²) in [4.78, 5) is 24.1. The highest BCUT2D eigenvalue weighted by Gasteiger charge is 2.37. The lowest BCUT2D eigenvalue weighted by Gasteiger charge is -2.36. The predicted octanol–water partition coefficient (Wildman–Crippen LogP) is 3.62. The number of hydrogen-bond donors (Lipinski definition) is 0. The van der Waals surface area contributed by atoms with Crippen molar-refractivity contribution in [3.63, 3.8) is 0 Å². The van der Waals surface area contributed by atoms with Crippen LogP contribution in [0.3, 0.4) is 0 Å². The topological polar surface area (TPSA) is 61.8 Å². The third-order valence-corrected chi connectivity index (χ3v) is 9.46. The molecule has 0 aromatic carbocycles. The zero-order chi connectivity index (χ0) is 18.5. The van der Waals surface area contributed by atoms with Crippen LogP contribution in [0.4, 0.5) is 0 Å². The monoisotopic (exact) mass is 354 g/mol. The van der Waals surface area contributed by atoms with E-state index in [4.69, 9.17) is 13.9 Å². The number of methoxy groups -OCH3 is 2. The van der Waals surface area contributed by atoms with E-state index in [1.807, 2.05) is 12.2 Å². The van der Waals surface area contributed by atoms with Crippen molar-refractivity contribution in [2.24, 2.45) is 5.92 Å². The first-order chi connectivity index (χ1) is 11.0. The third kappa shape index (κ3) is 4.80. The van der Waals surface area contributed by atoms with Crippen molar-refractivity contribution in [2.75, 3.05) is 20.8 Å². The van der Waals surface area contributed by atoms with Gasteiger partial charge in [0, 0.05) is 12.5 Å². The largest absolute Gasteiger partial charge is 0.466 e. The van der Waals surface area contributed by atoms with Crippen LogP contribution in [-0.4, -0.2) is 41.1 Å². The van der Waals surface area contributed by atoms with Gasteiger partial charge in [0.25, 0.3) is 0 Å². The number of rotatable bonds is 6. The molecule has 0 saturated carbocycles. The van der Waals surface area contributed by atoms with Crippen molar-refractivity contribution >= 4 is 20.3 Å². The lowest BCUT2D eigenvalue weighted by molar-refractivity contribution is -0.139. The lowest BCUT2D eigenvalue weighted by atomic mass is 9.85. The van der Waals surface area contributed by atoms with Crippen LogP contribution in [-0.2, 0) is 23.5 Å². The van der Waals surface area contributed by atoms with Crippen molar-refractivity contribution in [3.05, 3.63) is 23.3 Å². The summed E-state index contributed by atoms with van der Waals surface area (Å²) < 4.78 is 15.9. The summed E-state index contributed by atoms with van der Waals surface area (Å²) in [6.45, 7) is 11.5. The molecule has 0 radical (unpaired) electrons. The zero-order valence-electron chi connectivity index (χ0n) is 15.9. The van der Waals surface area contributed by atoms with E-state index in [1.165, 1.54) is 14.2 Å². The Hall–Kier alpha value is -1.40. The summed E-state index contributed by atoms with van der Waals surface area (Å²) in [5, 5.41) is 0.133. The Morgan fingerprint density at radius 3 is 2.25 bits per heavy atom. The van der Waals surface area contributed by atoms with Crippen molar-refractivity contribution in [1.82, 2.24) is 0 Å². The van der Waals surface area contributed by atoms with Crippen LogP contribution in [0.25, 0.3) is 0 Å². The minimum Gasteiger partial charge on any atom is -0.466 e. The van der Waals surface area contributed by atoms with Gasteiger partial charge in [-0.15, -0.1) is 0 Å². The van der Waals surface area contributed by atoms with Gasteiger partial charge in [-0.1, -0.05) is 32.9 Å². The first-order valence-corrected chi connectivity index (χ1v) is 11.2. The molecule has 1 aliphatic rings. The molecule has 0 amide bonds. The molecule has 0 saturated heterocycles. The van der Waals surface area contributed by atoms with Crippen LogP contribution in [0.2, 0.25) is 18.1 Å². The molecule has 136 valence electrons. The van der Waals surface area contributed by atoms with Gasteiger partial charge in [-0.25, -0.2) is 9.59 Å². The second-order valence-corrected chi connectivity index (χ2v) is 12.3. The van der Waals surface area contributed by atoms with E-state index in [0.29, 0.717) is 30.6 Å². The van der Waals surface area contributed by atoms with E-state index in [0.717, 1.165) is 0 Å². The van der Waals surface area contributed by atoms with Crippen LogP contribution in [0.1, 0.15) is 33.6 Å².